The Morgan fingerprint density at radius 3 is 2.41 bits per heavy atom. The molecule has 1 fully saturated rings. The molecule has 0 aromatic heterocycles. The van der Waals surface area contributed by atoms with Crippen LogP contribution in [0.25, 0.3) is 0 Å². The number of hydrogen-bond acceptors (Lipinski definition) is 4. The monoisotopic (exact) mass is 262 g/mol. The highest BCUT2D eigenvalue weighted by molar-refractivity contribution is 7.91. The zero-order chi connectivity index (χ0) is 12.7. The second-order valence-corrected chi connectivity index (χ2v) is 7.17. The van der Waals surface area contributed by atoms with Crippen LogP contribution in [0, 0.1) is 0 Å². The third-order valence-corrected chi connectivity index (χ3v) is 4.98. The maximum atomic E-state index is 11.3. The molecule has 1 unspecified atom stereocenters. The number of nitrogens with one attached hydrogen (secondary N) is 1. The molecule has 0 saturated carbocycles. The van der Waals surface area contributed by atoms with Gasteiger partial charge in [0.15, 0.2) is 9.84 Å². The fourth-order valence-corrected chi connectivity index (χ4v) is 3.34. The summed E-state index contributed by atoms with van der Waals surface area (Å²) < 4.78 is 22.6. The summed E-state index contributed by atoms with van der Waals surface area (Å²) in [5.41, 5.74) is 0. The lowest BCUT2D eigenvalue weighted by Crippen LogP contribution is -2.47. The number of unbranched alkanes of at least 4 members (excludes halogenated alkanes) is 1. The number of sulfone groups is 1. The molecule has 1 atom stereocenters. The predicted octanol–water partition coefficient (Wildman–Crippen LogP) is 0.885. The van der Waals surface area contributed by atoms with Gasteiger partial charge in [0.25, 0.3) is 0 Å². The van der Waals surface area contributed by atoms with Crippen molar-refractivity contribution in [3.8, 4) is 0 Å². The van der Waals surface area contributed by atoms with E-state index in [1.165, 1.54) is 12.8 Å². The van der Waals surface area contributed by atoms with Gasteiger partial charge in [-0.05, 0) is 19.4 Å². The fraction of sp³-hybridized carbons (Fsp3) is 1.00. The average Bonchev–Trinajstić information content (AvgIpc) is 2.30. The van der Waals surface area contributed by atoms with Gasteiger partial charge in [0.2, 0.25) is 0 Å². The minimum absolute atomic E-state index is 0.332. The number of rotatable bonds is 7. The topological polar surface area (TPSA) is 49.4 Å². The molecule has 1 saturated heterocycles. The second kappa shape index (κ2) is 7.34. The molecular formula is C12H26N2O2S. The minimum Gasteiger partial charge on any atom is -0.313 e. The molecule has 0 aliphatic carbocycles. The molecule has 17 heavy (non-hydrogen) atoms. The molecular weight excluding hydrogens is 236 g/mol. The summed E-state index contributed by atoms with van der Waals surface area (Å²) in [6, 6.07) is 0.502. The van der Waals surface area contributed by atoms with E-state index in [1.807, 2.05) is 0 Å². The minimum atomic E-state index is -2.74. The van der Waals surface area contributed by atoms with Gasteiger partial charge >= 0.3 is 0 Å². The van der Waals surface area contributed by atoms with Crippen molar-refractivity contribution in [2.75, 3.05) is 37.7 Å². The summed E-state index contributed by atoms with van der Waals surface area (Å²) in [7, 11) is -2.74. The Bertz CT molecular complexity index is 290. The molecule has 0 spiro atoms. The van der Waals surface area contributed by atoms with E-state index in [2.05, 4.69) is 24.1 Å². The van der Waals surface area contributed by atoms with Crippen molar-refractivity contribution in [1.82, 2.24) is 10.2 Å². The summed E-state index contributed by atoms with van der Waals surface area (Å²) in [5, 5.41) is 3.55. The van der Waals surface area contributed by atoms with E-state index in [1.54, 1.807) is 0 Å². The Morgan fingerprint density at radius 1 is 1.24 bits per heavy atom. The summed E-state index contributed by atoms with van der Waals surface area (Å²) in [6.45, 7) is 7.84. The Morgan fingerprint density at radius 2 is 1.88 bits per heavy atom. The number of hydrogen-bond donors (Lipinski definition) is 1. The van der Waals surface area contributed by atoms with E-state index in [9.17, 15) is 8.42 Å². The van der Waals surface area contributed by atoms with Gasteiger partial charge in [-0.15, -0.1) is 0 Å². The predicted molar refractivity (Wildman–Crippen MR) is 72.1 cm³/mol. The van der Waals surface area contributed by atoms with Crippen molar-refractivity contribution in [1.29, 1.82) is 0 Å². The SMILES string of the molecule is CCCCNC(CC)CN1CCS(=O)(=O)CC1. The van der Waals surface area contributed by atoms with E-state index in [4.69, 9.17) is 0 Å². The summed E-state index contributed by atoms with van der Waals surface area (Å²) >= 11 is 0. The molecule has 102 valence electrons. The molecule has 1 aliphatic rings. The fourth-order valence-electron chi connectivity index (χ4n) is 2.07. The lowest BCUT2D eigenvalue weighted by Gasteiger charge is -2.30. The molecule has 0 aromatic rings. The van der Waals surface area contributed by atoms with Gasteiger partial charge < -0.3 is 5.32 Å². The van der Waals surface area contributed by atoms with E-state index >= 15 is 0 Å². The van der Waals surface area contributed by atoms with Crippen molar-refractivity contribution >= 4 is 9.84 Å². The molecule has 0 radical (unpaired) electrons. The van der Waals surface area contributed by atoms with Crippen molar-refractivity contribution < 1.29 is 8.42 Å². The van der Waals surface area contributed by atoms with Gasteiger partial charge in [0.05, 0.1) is 11.5 Å². The van der Waals surface area contributed by atoms with Gasteiger partial charge in [-0.3, -0.25) is 4.90 Å². The molecule has 1 N–H and O–H groups in total. The highest BCUT2D eigenvalue weighted by Crippen LogP contribution is 2.05. The van der Waals surface area contributed by atoms with Crippen LogP contribution in [-0.2, 0) is 9.84 Å². The molecule has 0 amide bonds. The van der Waals surface area contributed by atoms with Gasteiger partial charge in [-0.2, -0.15) is 0 Å². The van der Waals surface area contributed by atoms with E-state index in [-0.39, 0.29) is 0 Å². The second-order valence-electron chi connectivity index (χ2n) is 4.87. The molecule has 1 heterocycles. The van der Waals surface area contributed by atoms with Crippen LogP contribution >= 0.6 is 0 Å². The van der Waals surface area contributed by atoms with Crippen LogP contribution in [0.5, 0.6) is 0 Å². The van der Waals surface area contributed by atoms with Gasteiger partial charge in [-0.25, -0.2) is 8.42 Å². The van der Waals surface area contributed by atoms with Crippen LogP contribution in [0.2, 0.25) is 0 Å². The maximum absolute atomic E-state index is 11.3. The highest BCUT2D eigenvalue weighted by Gasteiger charge is 2.22. The first-order valence-electron chi connectivity index (χ1n) is 6.73. The van der Waals surface area contributed by atoms with Gasteiger partial charge in [-0.1, -0.05) is 20.3 Å². The maximum Gasteiger partial charge on any atom is 0.152 e. The van der Waals surface area contributed by atoms with Crippen molar-refractivity contribution in [2.45, 2.75) is 39.2 Å². The van der Waals surface area contributed by atoms with Crippen LogP contribution in [-0.4, -0.2) is 57.0 Å². The highest BCUT2D eigenvalue weighted by atomic mass is 32.2. The average molecular weight is 262 g/mol. The zero-order valence-electron chi connectivity index (χ0n) is 11.1. The van der Waals surface area contributed by atoms with Crippen LogP contribution in [0.1, 0.15) is 33.1 Å². The molecule has 5 heteroatoms. The quantitative estimate of drug-likeness (QED) is 0.692. The van der Waals surface area contributed by atoms with Crippen LogP contribution in [0.15, 0.2) is 0 Å². The lowest BCUT2D eigenvalue weighted by molar-refractivity contribution is 0.255. The number of nitrogens with zero attached hydrogens (tertiary/aromatic N) is 1. The van der Waals surface area contributed by atoms with Gasteiger partial charge in [0.1, 0.15) is 0 Å². The Kier molecular flexibility index (Phi) is 6.44. The summed E-state index contributed by atoms with van der Waals surface area (Å²) in [6.07, 6.45) is 3.53. The smallest absolute Gasteiger partial charge is 0.152 e. The molecule has 4 nitrogen and oxygen atoms in total. The molecule has 1 aliphatic heterocycles. The van der Waals surface area contributed by atoms with Crippen molar-refractivity contribution in [3.63, 3.8) is 0 Å². The summed E-state index contributed by atoms with van der Waals surface area (Å²) in [4.78, 5) is 2.27. The van der Waals surface area contributed by atoms with Crippen LogP contribution < -0.4 is 5.32 Å². The molecule has 1 rings (SSSR count). The largest absolute Gasteiger partial charge is 0.313 e. The zero-order valence-corrected chi connectivity index (χ0v) is 11.9. The van der Waals surface area contributed by atoms with Crippen molar-refractivity contribution in [3.05, 3.63) is 0 Å². The Hall–Kier alpha value is -0.130. The van der Waals surface area contributed by atoms with Crippen LogP contribution in [0.3, 0.4) is 0 Å². The molecule has 0 bridgehead atoms. The normalized spacial score (nSPS) is 22.5. The first kappa shape index (κ1) is 14.9. The third-order valence-electron chi connectivity index (χ3n) is 3.37. The third kappa shape index (κ3) is 5.84. The van der Waals surface area contributed by atoms with E-state index < -0.39 is 9.84 Å². The Labute approximate surface area is 106 Å². The lowest BCUT2D eigenvalue weighted by atomic mass is 10.2. The van der Waals surface area contributed by atoms with E-state index in [0.29, 0.717) is 30.6 Å². The van der Waals surface area contributed by atoms with E-state index in [0.717, 1.165) is 19.5 Å². The Balaban J connectivity index is 2.27. The first-order valence-corrected chi connectivity index (χ1v) is 8.55. The summed E-state index contributed by atoms with van der Waals surface area (Å²) in [5.74, 6) is 0.663. The first-order chi connectivity index (χ1) is 8.07. The van der Waals surface area contributed by atoms with Crippen LogP contribution in [0.4, 0.5) is 0 Å². The van der Waals surface area contributed by atoms with Gasteiger partial charge in [0, 0.05) is 25.7 Å². The van der Waals surface area contributed by atoms with Crippen molar-refractivity contribution in [2.24, 2.45) is 0 Å². The molecule has 0 aromatic carbocycles. The standard InChI is InChI=1S/C12H26N2O2S/c1-3-5-6-13-12(4-2)11-14-7-9-17(15,16)10-8-14/h12-13H,3-11H2,1-2H3.